The van der Waals surface area contributed by atoms with Crippen molar-refractivity contribution in [2.45, 2.75) is 52.2 Å². The minimum atomic E-state index is -0.496. The molecule has 2 N–H and O–H groups in total. The van der Waals surface area contributed by atoms with Crippen molar-refractivity contribution in [1.29, 1.82) is 0 Å². The smallest absolute Gasteiger partial charge is 0.161 e. The van der Waals surface area contributed by atoms with Crippen molar-refractivity contribution in [2.24, 2.45) is 5.92 Å². The molecule has 1 aromatic carbocycles. The summed E-state index contributed by atoms with van der Waals surface area (Å²) in [7, 11) is 3.23. The van der Waals surface area contributed by atoms with E-state index in [0.29, 0.717) is 37.2 Å². The number of unbranched alkanes of at least 4 members (excludes halogenated alkanes) is 1. The van der Waals surface area contributed by atoms with Gasteiger partial charge in [0.2, 0.25) is 0 Å². The summed E-state index contributed by atoms with van der Waals surface area (Å²) in [5.41, 5.74) is 0.989. The third kappa shape index (κ3) is 8.56. The van der Waals surface area contributed by atoms with Crippen molar-refractivity contribution in [1.82, 2.24) is 5.32 Å². The number of benzene rings is 1. The molecule has 25 heavy (non-hydrogen) atoms. The fourth-order valence-electron chi connectivity index (χ4n) is 2.74. The summed E-state index contributed by atoms with van der Waals surface area (Å²) in [6, 6.07) is 5.69. The lowest BCUT2D eigenvalue weighted by Crippen LogP contribution is -2.33. The molecule has 0 aliphatic rings. The maximum absolute atomic E-state index is 10.0. The predicted molar refractivity (Wildman–Crippen MR) is 101 cm³/mol. The van der Waals surface area contributed by atoms with Crippen molar-refractivity contribution in [3.05, 3.63) is 23.8 Å². The standard InChI is InChI=1S/C20H35NO4/c1-5-7-8-16(6-2)12-21-13-18(22)15-25-14-17-9-10-19(23-3)20(11-17)24-4/h9-11,16,18,21-22H,5-8,12-15H2,1-4H3/t16-,18+/m1/s1. The summed E-state index contributed by atoms with van der Waals surface area (Å²) in [5, 5.41) is 13.4. The summed E-state index contributed by atoms with van der Waals surface area (Å²) in [6.07, 6.45) is 4.45. The first kappa shape index (κ1) is 21.7. The van der Waals surface area contributed by atoms with E-state index in [4.69, 9.17) is 14.2 Å². The molecule has 1 aromatic rings. The minimum Gasteiger partial charge on any atom is -0.493 e. The van der Waals surface area contributed by atoms with Crippen LogP contribution in [0.4, 0.5) is 0 Å². The Morgan fingerprint density at radius 3 is 2.48 bits per heavy atom. The molecule has 1 rings (SSSR count). The molecule has 0 spiro atoms. The van der Waals surface area contributed by atoms with Gasteiger partial charge in [-0.1, -0.05) is 39.2 Å². The maximum Gasteiger partial charge on any atom is 0.161 e. The van der Waals surface area contributed by atoms with Crippen LogP contribution < -0.4 is 14.8 Å². The van der Waals surface area contributed by atoms with Gasteiger partial charge in [0.15, 0.2) is 11.5 Å². The lowest BCUT2D eigenvalue weighted by Gasteiger charge is -2.17. The molecular formula is C20H35NO4. The summed E-state index contributed by atoms with van der Waals surface area (Å²) < 4.78 is 16.1. The predicted octanol–water partition coefficient (Wildman–Crippen LogP) is 3.39. The van der Waals surface area contributed by atoms with Crippen LogP contribution in [0.2, 0.25) is 0 Å². The molecule has 144 valence electrons. The molecule has 0 unspecified atom stereocenters. The molecule has 0 aliphatic carbocycles. The van der Waals surface area contributed by atoms with Crippen LogP contribution in [0.25, 0.3) is 0 Å². The molecule has 0 bridgehead atoms. The van der Waals surface area contributed by atoms with E-state index in [9.17, 15) is 5.11 Å². The number of ether oxygens (including phenoxy) is 3. The zero-order valence-corrected chi connectivity index (χ0v) is 16.2. The fourth-order valence-corrected chi connectivity index (χ4v) is 2.74. The second-order valence-electron chi connectivity index (χ2n) is 6.43. The van der Waals surface area contributed by atoms with Gasteiger partial charge in [0.05, 0.1) is 33.5 Å². The van der Waals surface area contributed by atoms with Crippen molar-refractivity contribution in [3.63, 3.8) is 0 Å². The van der Waals surface area contributed by atoms with Crippen molar-refractivity contribution >= 4 is 0 Å². The van der Waals surface area contributed by atoms with Gasteiger partial charge < -0.3 is 24.6 Å². The van der Waals surface area contributed by atoms with Gasteiger partial charge >= 0.3 is 0 Å². The van der Waals surface area contributed by atoms with Gasteiger partial charge in [-0.25, -0.2) is 0 Å². The van der Waals surface area contributed by atoms with Crippen molar-refractivity contribution < 1.29 is 19.3 Å². The number of hydrogen-bond acceptors (Lipinski definition) is 5. The van der Waals surface area contributed by atoms with Gasteiger partial charge in [-0.3, -0.25) is 0 Å². The largest absolute Gasteiger partial charge is 0.493 e. The van der Waals surface area contributed by atoms with E-state index in [1.54, 1.807) is 14.2 Å². The van der Waals surface area contributed by atoms with E-state index in [0.717, 1.165) is 12.1 Å². The van der Waals surface area contributed by atoms with E-state index < -0.39 is 6.10 Å². The number of aliphatic hydroxyl groups is 1. The van der Waals surface area contributed by atoms with Gasteiger partial charge in [-0.2, -0.15) is 0 Å². The lowest BCUT2D eigenvalue weighted by atomic mass is 9.99. The van der Waals surface area contributed by atoms with E-state index in [2.05, 4.69) is 19.2 Å². The van der Waals surface area contributed by atoms with Gasteiger partial charge in [-0.05, 0) is 36.6 Å². The topological polar surface area (TPSA) is 60.0 Å². The van der Waals surface area contributed by atoms with Gasteiger partial charge in [0, 0.05) is 6.54 Å². The van der Waals surface area contributed by atoms with Gasteiger partial charge in [0.1, 0.15) is 0 Å². The van der Waals surface area contributed by atoms with Crippen LogP contribution in [-0.4, -0.2) is 45.1 Å². The zero-order valence-electron chi connectivity index (χ0n) is 16.2. The third-order valence-corrected chi connectivity index (χ3v) is 4.38. The van der Waals surface area contributed by atoms with Crippen molar-refractivity contribution in [3.8, 4) is 11.5 Å². The Labute approximate surface area is 152 Å². The molecule has 0 amide bonds. The van der Waals surface area contributed by atoms with E-state index >= 15 is 0 Å². The molecule has 0 aromatic heterocycles. The Morgan fingerprint density at radius 1 is 1.08 bits per heavy atom. The number of rotatable bonds is 14. The molecule has 2 atom stereocenters. The number of aliphatic hydroxyl groups excluding tert-OH is 1. The van der Waals surface area contributed by atoms with E-state index in [-0.39, 0.29) is 0 Å². The summed E-state index contributed by atoms with van der Waals surface area (Å²) in [6.45, 7) is 6.72. The first-order valence-electron chi connectivity index (χ1n) is 9.31. The highest BCUT2D eigenvalue weighted by atomic mass is 16.5. The Bertz CT molecular complexity index is 467. The third-order valence-electron chi connectivity index (χ3n) is 4.38. The summed E-state index contributed by atoms with van der Waals surface area (Å²) >= 11 is 0. The number of hydrogen-bond donors (Lipinski definition) is 2. The van der Waals surface area contributed by atoms with E-state index in [1.807, 2.05) is 18.2 Å². The Morgan fingerprint density at radius 2 is 1.84 bits per heavy atom. The quantitative estimate of drug-likeness (QED) is 0.537. The highest BCUT2D eigenvalue weighted by molar-refractivity contribution is 5.42. The molecule has 5 heteroatoms. The molecule has 0 heterocycles. The fraction of sp³-hybridized carbons (Fsp3) is 0.700. The van der Waals surface area contributed by atoms with Crippen LogP contribution in [-0.2, 0) is 11.3 Å². The second kappa shape index (κ2) is 13.0. The SMILES string of the molecule is CCCC[C@@H](CC)CNC[C@H](O)COCc1ccc(OC)c(OC)c1. The van der Waals surface area contributed by atoms with Gasteiger partial charge in [-0.15, -0.1) is 0 Å². The van der Waals surface area contributed by atoms with Crippen LogP contribution in [0.5, 0.6) is 11.5 Å². The van der Waals surface area contributed by atoms with Crippen molar-refractivity contribution in [2.75, 3.05) is 33.9 Å². The minimum absolute atomic E-state index is 0.313. The molecule has 0 radical (unpaired) electrons. The highest BCUT2D eigenvalue weighted by Gasteiger charge is 2.09. The highest BCUT2D eigenvalue weighted by Crippen LogP contribution is 2.27. The normalized spacial score (nSPS) is 13.5. The molecule has 5 nitrogen and oxygen atoms in total. The molecular weight excluding hydrogens is 318 g/mol. The zero-order chi connectivity index (χ0) is 18.5. The molecule has 0 saturated heterocycles. The Balaban J connectivity index is 2.25. The van der Waals surface area contributed by atoms with Crippen LogP contribution in [0.3, 0.4) is 0 Å². The van der Waals surface area contributed by atoms with Crippen LogP contribution in [0.1, 0.15) is 45.1 Å². The average Bonchev–Trinajstić information content (AvgIpc) is 2.64. The molecule has 0 aliphatic heterocycles. The first-order valence-corrected chi connectivity index (χ1v) is 9.31. The average molecular weight is 354 g/mol. The van der Waals surface area contributed by atoms with Crippen LogP contribution >= 0.6 is 0 Å². The van der Waals surface area contributed by atoms with Gasteiger partial charge in [0.25, 0.3) is 0 Å². The second-order valence-corrected chi connectivity index (χ2v) is 6.43. The monoisotopic (exact) mass is 353 g/mol. The van der Waals surface area contributed by atoms with Crippen LogP contribution in [0, 0.1) is 5.92 Å². The summed E-state index contributed by atoms with van der Waals surface area (Å²) in [5.74, 6) is 2.08. The molecule has 0 saturated carbocycles. The number of nitrogens with one attached hydrogen (secondary N) is 1. The Hall–Kier alpha value is -1.30. The van der Waals surface area contributed by atoms with E-state index in [1.165, 1.54) is 25.7 Å². The maximum atomic E-state index is 10.0. The lowest BCUT2D eigenvalue weighted by molar-refractivity contribution is 0.0284. The first-order chi connectivity index (χ1) is 12.1. The number of methoxy groups -OCH3 is 2. The summed E-state index contributed by atoms with van der Waals surface area (Å²) in [4.78, 5) is 0. The molecule has 0 fully saturated rings. The van der Waals surface area contributed by atoms with Crippen LogP contribution in [0.15, 0.2) is 18.2 Å². The Kier molecular flexibility index (Phi) is 11.3.